The van der Waals surface area contributed by atoms with Crippen molar-refractivity contribution in [2.45, 2.75) is 71.3 Å². The van der Waals surface area contributed by atoms with E-state index in [0.717, 1.165) is 30.7 Å². The number of alkyl carbamates (subject to hydrolysis) is 1. The van der Waals surface area contributed by atoms with Gasteiger partial charge in [0.1, 0.15) is 5.60 Å². The van der Waals surface area contributed by atoms with Crippen LogP contribution in [0.15, 0.2) is 0 Å². The number of hydrogen-bond donors (Lipinski definition) is 2. The van der Waals surface area contributed by atoms with E-state index in [1.54, 1.807) is 0 Å². The Morgan fingerprint density at radius 3 is 2.48 bits per heavy atom. The standard InChI is InChI=1S/C18H32N2O3/c1-18(2,3)23-17(22)20-9-4-5-16(21)19-10-8-15-12-13-6-7-14(15)11-13/h13-15H,4-12H2,1-3H3,(H,19,21)(H,20,22). The van der Waals surface area contributed by atoms with Gasteiger partial charge in [0.05, 0.1) is 0 Å². The van der Waals surface area contributed by atoms with Gasteiger partial charge in [-0.3, -0.25) is 4.79 Å². The first-order valence-electron chi connectivity index (χ1n) is 9.07. The normalized spacial score (nSPS) is 26.1. The molecule has 0 aromatic carbocycles. The van der Waals surface area contributed by atoms with Crippen LogP contribution in [-0.2, 0) is 9.53 Å². The van der Waals surface area contributed by atoms with E-state index in [0.29, 0.717) is 19.4 Å². The van der Waals surface area contributed by atoms with Crippen LogP contribution in [0.1, 0.15) is 65.7 Å². The average Bonchev–Trinajstić information content (AvgIpc) is 3.04. The van der Waals surface area contributed by atoms with Gasteiger partial charge in [-0.2, -0.15) is 0 Å². The zero-order valence-corrected chi connectivity index (χ0v) is 14.8. The monoisotopic (exact) mass is 324 g/mol. The van der Waals surface area contributed by atoms with Crippen molar-refractivity contribution >= 4 is 12.0 Å². The number of rotatable bonds is 7. The molecular formula is C18H32N2O3. The molecule has 3 atom stereocenters. The lowest BCUT2D eigenvalue weighted by Gasteiger charge is -2.21. The first kappa shape index (κ1) is 18.1. The number of carbonyl (C=O) groups excluding carboxylic acids is 2. The molecule has 2 saturated carbocycles. The highest BCUT2D eigenvalue weighted by atomic mass is 16.6. The zero-order valence-electron chi connectivity index (χ0n) is 14.8. The lowest BCUT2D eigenvalue weighted by atomic mass is 9.86. The van der Waals surface area contributed by atoms with Gasteiger partial charge in [0.2, 0.25) is 5.91 Å². The summed E-state index contributed by atoms with van der Waals surface area (Å²) in [5, 5.41) is 5.69. The van der Waals surface area contributed by atoms with Crippen molar-refractivity contribution in [3.8, 4) is 0 Å². The van der Waals surface area contributed by atoms with Crippen LogP contribution < -0.4 is 10.6 Å². The molecule has 2 bridgehead atoms. The van der Waals surface area contributed by atoms with Gasteiger partial charge >= 0.3 is 6.09 Å². The van der Waals surface area contributed by atoms with Crippen LogP contribution in [0.3, 0.4) is 0 Å². The minimum Gasteiger partial charge on any atom is -0.444 e. The maximum Gasteiger partial charge on any atom is 0.407 e. The number of fused-ring (bicyclic) bond motifs is 2. The van der Waals surface area contributed by atoms with Gasteiger partial charge in [-0.05, 0) is 70.6 Å². The van der Waals surface area contributed by atoms with Crippen molar-refractivity contribution in [2.24, 2.45) is 17.8 Å². The van der Waals surface area contributed by atoms with Crippen LogP contribution in [-0.4, -0.2) is 30.7 Å². The topological polar surface area (TPSA) is 67.4 Å². The van der Waals surface area contributed by atoms with Gasteiger partial charge in [0.25, 0.3) is 0 Å². The van der Waals surface area contributed by atoms with Crippen molar-refractivity contribution in [1.29, 1.82) is 0 Å². The quantitative estimate of drug-likeness (QED) is 0.707. The Bertz CT molecular complexity index is 417. The molecule has 0 saturated heterocycles. The summed E-state index contributed by atoms with van der Waals surface area (Å²) in [6, 6.07) is 0. The minimum atomic E-state index is -0.485. The van der Waals surface area contributed by atoms with Gasteiger partial charge < -0.3 is 15.4 Å². The molecule has 2 amide bonds. The number of hydrogen-bond acceptors (Lipinski definition) is 3. The molecule has 2 rings (SSSR count). The average molecular weight is 324 g/mol. The fraction of sp³-hybridized carbons (Fsp3) is 0.889. The molecule has 0 heterocycles. The predicted octanol–water partition coefficient (Wildman–Crippen LogP) is 3.23. The number of ether oxygens (including phenoxy) is 1. The third kappa shape index (κ3) is 6.40. The molecule has 2 fully saturated rings. The largest absolute Gasteiger partial charge is 0.444 e. The van der Waals surface area contributed by atoms with E-state index in [1.807, 2.05) is 20.8 Å². The van der Waals surface area contributed by atoms with Gasteiger partial charge in [0, 0.05) is 19.5 Å². The highest BCUT2D eigenvalue weighted by Crippen LogP contribution is 2.49. The fourth-order valence-electron chi connectivity index (χ4n) is 3.97. The molecule has 0 aromatic rings. The van der Waals surface area contributed by atoms with Crippen LogP contribution in [0, 0.1) is 17.8 Å². The van der Waals surface area contributed by atoms with Gasteiger partial charge in [0.15, 0.2) is 0 Å². The highest BCUT2D eigenvalue weighted by molar-refractivity contribution is 5.75. The van der Waals surface area contributed by atoms with Crippen molar-refractivity contribution in [3.05, 3.63) is 0 Å². The Morgan fingerprint density at radius 2 is 1.87 bits per heavy atom. The van der Waals surface area contributed by atoms with E-state index in [1.165, 1.54) is 25.7 Å². The van der Waals surface area contributed by atoms with Crippen LogP contribution in [0.4, 0.5) is 4.79 Å². The number of amides is 2. The van der Waals surface area contributed by atoms with Crippen molar-refractivity contribution in [1.82, 2.24) is 10.6 Å². The SMILES string of the molecule is CC(C)(C)OC(=O)NCCCC(=O)NCCC1CC2CCC1C2. The van der Waals surface area contributed by atoms with Crippen molar-refractivity contribution < 1.29 is 14.3 Å². The van der Waals surface area contributed by atoms with Crippen LogP contribution in [0.25, 0.3) is 0 Å². The van der Waals surface area contributed by atoms with Crippen molar-refractivity contribution in [2.75, 3.05) is 13.1 Å². The second-order valence-corrected chi connectivity index (χ2v) is 8.11. The number of carbonyl (C=O) groups is 2. The van der Waals surface area contributed by atoms with Gasteiger partial charge in [-0.15, -0.1) is 0 Å². The maximum atomic E-state index is 11.8. The molecule has 132 valence electrons. The molecule has 3 unspecified atom stereocenters. The van der Waals surface area contributed by atoms with E-state index in [4.69, 9.17) is 4.74 Å². The van der Waals surface area contributed by atoms with E-state index in [-0.39, 0.29) is 5.91 Å². The molecule has 0 aliphatic heterocycles. The molecule has 5 nitrogen and oxygen atoms in total. The van der Waals surface area contributed by atoms with Crippen molar-refractivity contribution in [3.63, 3.8) is 0 Å². The second kappa shape index (κ2) is 8.02. The summed E-state index contributed by atoms with van der Waals surface area (Å²) >= 11 is 0. The molecule has 23 heavy (non-hydrogen) atoms. The lowest BCUT2D eigenvalue weighted by Crippen LogP contribution is -2.33. The first-order chi connectivity index (χ1) is 10.8. The first-order valence-corrected chi connectivity index (χ1v) is 9.07. The lowest BCUT2D eigenvalue weighted by molar-refractivity contribution is -0.121. The Labute approximate surface area is 139 Å². The summed E-state index contributed by atoms with van der Waals surface area (Å²) in [6.07, 6.45) is 7.43. The maximum absolute atomic E-state index is 11.8. The zero-order chi connectivity index (χ0) is 16.9. The van der Waals surface area contributed by atoms with Gasteiger partial charge in [-0.25, -0.2) is 4.79 Å². The molecule has 2 aliphatic carbocycles. The number of nitrogens with one attached hydrogen (secondary N) is 2. The van der Waals surface area contributed by atoms with E-state index < -0.39 is 11.7 Å². The summed E-state index contributed by atoms with van der Waals surface area (Å²) in [6.45, 7) is 6.75. The summed E-state index contributed by atoms with van der Waals surface area (Å²) in [4.78, 5) is 23.2. The third-order valence-corrected chi connectivity index (χ3v) is 4.97. The van der Waals surface area contributed by atoms with E-state index in [2.05, 4.69) is 10.6 Å². The molecule has 0 spiro atoms. The van der Waals surface area contributed by atoms with Crippen LogP contribution in [0.2, 0.25) is 0 Å². The summed E-state index contributed by atoms with van der Waals surface area (Å²) in [5.74, 6) is 2.82. The Hall–Kier alpha value is -1.26. The molecule has 5 heteroatoms. The smallest absolute Gasteiger partial charge is 0.407 e. The Balaban J connectivity index is 1.46. The van der Waals surface area contributed by atoms with E-state index in [9.17, 15) is 9.59 Å². The van der Waals surface area contributed by atoms with Crippen LogP contribution >= 0.6 is 0 Å². The van der Waals surface area contributed by atoms with E-state index >= 15 is 0 Å². The molecular weight excluding hydrogens is 292 g/mol. The third-order valence-electron chi connectivity index (χ3n) is 4.97. The summed E-state index contributed by atoms with van der Waals surface area (Å²) in [5.41, 5.74) is -0.485. The fourth-order valence-corrected chi connectivity index (χ4v) is 3.97. The predicted molar refractivity (Wildman–Crippen MR) is 90.0 cm³/mol. The summed E-state index contributed by atoms with van der Waals surface area (Å²) in [7, 11) is 0. The molecule has 2 N–H and O–H groups in total. The molecule has 0 aromatic heterocycles. The minimum absolute atomic E-state index is 0.0825. The molecule has 2 aliphatic rings. The summed E-state index contributed by atoms with van der Waals surface area (Å²) < 4.78 is 5.14. The van der Waals surface area contributed by atoms with Crippen LogP contribution in [0.5, 0.6) is 0 Å². The second-order valence-electron chi connectivity index (χ2n) is 8.11. The highest BCUT2D eigenvalue weighted by Gasteiger charge is 2.38. The Kier molecular flexibility index (Phi) is 6.31. The Morgan fingerprint density at radius 1 is 1.09 bits per heavy atom. The molecule has 0 radical (unpaired) electrons. The van der Waals surface area contributed by atoms with Gasteiger partial charge in [-0.1, -0.05) is 6.42 Å².